The summed E-state index contributed by atoms with van der Waals surface area (Å²) in [6.45, 7) is 4.45. The molecule has 0 amide bonds. The highest BCUT2D eigenvalue weighted by Gasteiger charge is 2.27. The number of carbonyl (C=O) groups excluding carboxylic acids is 1. The van der Waals surface area contributed by atoms with Crippen molar-refractivity contribution in [1.82, 2.24) is 4.90 Å². The van der Waals surface area contributed by atoms with Crippen LogP contribution in [0.3, 0.4) is 0 Å². The van der Waals surface area contributed by atoms with E-state index in [1.807, 2.05) is 0 Å². The van der Waals surface area contributed by atoms with Gasteiger partial charge in [0.25, 0.3) is 0 Å². The van der Waals surface area contributed by atoms with Crippen molar-refractivity contribution in [2.75, 3.05) is 40.6 Å². The Kier molecular flexibility index (Phi) is 8.49. The van der Waals surface area contributed by atoms with Crippen LogP contribution in [0.25, 0.3) is 0 Å². The molecule has 0 aromatic rings. The van der Waals surface area contributed by atoms with Crippen molar-refractivity contribution in [2.45, 2.75) is 32.3 Å². The molecule has 5 nitrogen and oxygen atoms in total. The smallest absolute Gasteiger partial charge is 0.302 e. The zero-order valence-corrected chi connectivity index (χ0v) is 12.8. The first-order valence-electron chi connectivity index (χ1n) is 7.22. The SMILES string of the molecule is COCOCCCC=CC1CN(C)CCC1OC(C)=O. The molecule has 2 atom stereocenters. The van der Waals surface area contributed by atoms with Gasteiger partial charge in [0.2, 0.25) is 0 Å². The first-order valence-corrected chi connectivity index (χ1v) is 7.22. The number of rotatable bonds is 8. The standard InChI is InChI=1S/C15H27NO4/c1-13(17)20-15-8-9-16(2)11-14(15)7-5-4-6-10-19-12-18-3/h5,7,14-15H,4,6,8-12H2,1-3H3. The van der Waals surface area contributed by atoms with Crippen LogP contribution in [0.5, 0.6) is 0 Å². The number of hydrogen-bond donors (Lipinski definition) is 0. The Morgan fingerprint density at radius 2 is 2.25 bits per heavy atom. The molecule has 20 heavy (non-hydrogen) atoms. The molecule has 0 aromatic heterocycles. The molecule has 5 heteroatoms. The molecule has 1 heterocycles. The molecular formula is C15H27NO4. The number of allylic oxidation sites excluding steroid dienone is 1. The summed E-state index contributed by atoms with van der Waals surface area (Å²) >= 11 is 0. The molecule has 116 valence electrons. The molecule has 1 rings (SSSR count). The van der Waals surface area contributed by atoms with Gasteiger partial charge in [-0.2, -0.15) is 0 Å². The van der Waals surface area contributed by atoms with E-state index in [4.69, 9.17) is 14.2 Å². The number of carbonyl (C=O) groups is 1. The van der Waals surface area contributed by atoms with E-state index in [9.17, 15) is 4.79 Å². The Bertz CT molecular complexity index is 306. The number of hydrogen-bond acceptors (Lipinski definition) is 5. The number of ether oxygens (including phenoxy) is 3. The average molecular weight is 285 g/mol. The predicted octanol–water partition coefficient (Wildman–Crippen LogP) is 1.83. The Labute approximate surface area is 121 Å². The van der Waals surface area contributed by atoms with E-state index in [1.54, 1.807) is 7.11 Å². The van der Waals surface area contributed by atoms with Crippen molar-refractivity contribution in [1.29, 1.82) is 0 Å². The molecule has 0 spiro atoms. The summed E-state index contributed by atoms with van der Waals surface area (Å²) in [6, 6.07) is 0. The third kappa shape index (κ3) is 7.03. The number of likely N-dealkylation sites (tertiary alicyclic amines) is 1. The van der Waals surface area contributed by atoms with Gasteiger partial charge in [0.05, 0.1) is 0 Å². The highest BCUT2D eigenvalue weighted by atomic mass is 16.7. The molecule has 1 aliphatic rings. The second-order valence-electron chi connectivity index (χ2n) is 5.25. The van der Waals surface area contributed by atoms with E-state index < -0.39 is 0 Å². The third-order valence-electron chi connectivity index (χ3n) is 3.36. The van der Waals surface area contributed by atoms with Crippen molar-refractivity contribution >= 4 is 5.97 Å². The summed E-state index contributed by atoms with van der Waals surface area (Å²) < 4.78 is 15.4. The van der Waals surface area contributed by atoms with Gasteiger partial charge in [0.1, 0.15) is 12.9 Å². The molecule has 1 fully saturated rings. The molecule has 1 saturated heterocycles. The second-order valence-corrected chi connectivity index (χ2v) is 5.25. The Morgan fingerprint density at radius 3 is 2.95 bits per heavy atom. The maximum absolute atomic E-state index is 11.1. The lowest BCUT2D eigenvalue weighted by molar-refractivity contribution is -0.150. The molecule has 1 aliphatic heterocycles. The minimum absolute atomic E-state index is 0.0182. The van der Waals surface area contributed by atoms with Crippen LogP contribution in [-0.4, -0.2) is 57.6 Å². The minimum atomic E-state index is -0.189. The largest absolute Gasteiger partial charge is 0.462 e. The summed E-state index contributed by atoms with van der Waals surface area (Å²) in [4.78, 5) is 13.4. The maximum atomic E-state index is 11.1. The van der Waals surface area contributed by atoms with Gasteiger partial charge in [0, 0.05) is 39.6 Å². The molecule has 0 aromatic carbocycles. The number of esters is 1. The molecule has 0 bridgehead atoms. The van der Waals surface area contributed by atoms with E-state index in [1.165, 1.54) is 6.92 Å². The van der Waals surface area contributed by atoms with Crippen LogP contribution in [0.4, 0.5) is 0 Å². The molecule has 0 saturated carbocycles. The normalized spacial score (nSPS) is 24.1. The molecule has 0 aliphatic carbocycles. The zero-order valence-electron chi connectivity index (χ0n) is 12.8. The van der Waals surface area contributed by atoms with Crippen LogP contribution in [-0.2, 0) is 19.0 Å². The van der Waals surface area contributed by atoms with Crippen LogP contribution in [0, 0.1) is 5.92 Å². The summed E-state index contributed by atoms with van der Waals surface area (Å²) in [7, 11) is 3.72. The maximum Gasteiger partial charge on any atom is 0.302 e. The van der Waals surface area contributed by atoms with Gasteiger partial charge in [-0.1, -0.05) is 12.2 Å². The summed E-state index contributed by atoms with van der Waals surface area (Å²) in [5.74, 6) is 0.100. The lowest BCUT2D eigenvalue weighted by atomic mass is 9.94. The Hall–Kier alpha value is -0.910. The van der Waals surface area contributed by atoms with E-state index in [-0.39, 0.29) is 18.0 Å². The van der Waals surface area contributed by atoms with Crippen LogP contribution >= 0.6 is 0 Å². The van der Waals surface area contributed by atoms with Gasteiger partial charge >= 0.3 is 5.97 Å². The van der Waals surface area contributed by atoms with Crippen LogP contribution < -0.4 is 0 Å². The van der Waals surface area contributed by atoms with E-state index >= 15 is 0 Å². The first-order chi connectivity index (χ1) is 9.63. The van der Waals surface area contributed by atoms with Crippen molar-refractivity contribution in [3.8, 4) is 0 Å². The van der Waals surface area contributed by atoms with Gasteiger partial charge in [-0.25, -0.2) is 0 Å². The van der Waals surface area contributed by atoms with E-state index in [0.29, 0.717) is 13.4 Å². The van der Waals surface area contributed by atoms with Crippen molar-refractivity contribution in [2.24, 2.45) is 5.92 Å². The number of nitrogens with zero attached hydrogens (tertiary/aromatic N) is 1. The first kappa shape index (κ1) is 17.1. The summed E-state index contributed by atoms with van der Waals surface area (Å²) in [5.41, 5.74) is 0. The fraction of sp³-hybridized carbons (Fsp3) is 0.800. The van der Waals surface area contributed by atoms with Gasteiger partial charge in [-0.3, -0.25) is 4.79 Å². The van der Waals surface area contributed by atoms with Crippen molar-refractivity contribution in [3.63, 3.8) is 0 Å². The monoisotopic (exact) mass is 285 g/mol. The lowest BCUT2D eigenvalue weighted by Gasteiger charge is -2.34. The summed E-state index contributed by atoms with van der Waals surface area (Å²) in [5, 5.41) is 0. The van der Waals surface area contributed by atoms with Gasteiger partial charge in [0.15, 0.2) is 0 Å². The molecule has 2 unspecified atom stereocenters. The predicted molar refractivity (Wildman–Crippen MR) is 77.4 cm³/mol. The number of methoxy groups -OCH3 is 1. The summed E-state index contributed by atoms with van der Waals surface area (Å²) in [6.07, 6.45) is 7.21. The minimum Gasteiger partial charge on any atom is -0.462 e. The average Bonchev–Trinajstić information content (AvgIpc) is 2.40. The number of unbranched alkanes of at least 4 members (excludes halogenated alkanes) is 1. The second kappa shape index (κ2) is 9.91. The molecule has 0 N–H and O–H groups in total. The van der Waals surface area contributed by atoms with Gasteiger partial charge in [-0.15, -0.1) is 0 Å². The number of piperidine rings is 1. The Balaban J connectivity index is 2.30. The van der Waals surface area contributed by atoms with Gasteiger partial charge in [-0.05, 0) is 26.3 Å². The Morgan fingerprint density at radius 1 is 1.45 bits per heavy atom. The van der Waals surface area contributed by atoms with Crippen molar-refractivity contribution < 1.29 is 19.0 Å². The lowest BCUT2D eigenvalue weighted by Crippen LogP contribution is -2.42. The van der Waals surface area contributed by atoms with E-state index in [0.717, 1.165) is 32.4 Å². The highest BCUT2D eigenvalue weighted by Crippen LogP contribution is 2.21. The fourth-order valence-corrected chi connectivity index (χ4v) is 2.39. The van der Waals surface area contributed by atoms with Gasteiger partial charge < -0.3 is 19.1 Å². The van der Waals surface area contributed by atoms with Crippen LogP contribution in [0.1, 0.15) is 26.2 Å². The van der Waals surface area contributed by atoms with Crippen LogP contribution in [0.15, 0.2) is 12.2 Å². The quantitative estimate of drug-likeness (QED) is 0.295. The topological polar surface area (TPSA) is 48.0 Å². The zero-order chi connectivity index (χ0) is 14.8. The fourth-order valence-electron chi connectivity index (χ4n) is 2.39. The highest BCUT2D eigenvalue weighted by molar-refractivity contribution is 5.66. The van der Waals surface area contributed by atoms with Crippen LogP contribution in [0.2, 0.25) is 0 Å². The molecule has 0 radical (unpaired) electrons. The van der Waals surface area contributed by atoms with Crippen molar-refractivity contribution in [3.05, 3.63) is 12.2 Å². The molecular weight excluding hydrogens is 258 g/mol. The van der Waals surface area contributed by atoms with E-state index in [2.05, 4.69) is 24.1 Å². The third-order valence-corrected chi connectivity index (χ3v) is 3.36.